The highest BCUT2D eigenvalue weighted by Gasteiger charge is 2.28. The predicted molar refractivity (Wildman–Crippen MR) is 62.8 cm³/mol. The van der Waals surface area contributed by atoms with Gasteiger partial charge in [-0.05, 0) is 17.3 Å². The number of rotatable bonds is 1. The number of aromatic nitrogens is 3. The van der Waals surface area contributed by atoms with Crippen LogP contribution in [-0.4, -0.2) is 57.8 Å². The first kappa shape index (κ1) is 10.1. The molecule has 0 saturated heterocycles. The van der Waals surface area contributed by atoms with Gasteiger partial charge < -0.3 is 0 Å². The van der Waals surface area contributed by atoms with Crippen molar-refractivity contribution in [3.8, 4) is 0 Å². The average Bonchev–Trinajstić information content (AvgIpc) is 2.88. The van der Waals surface area contributed by atoms with E-state index in [4.69, 9.17) is 4.84 Å². The van der Waals surface area contributed by atoms with E-state index in [0.717, 1.165) is 30.1 Å². The van der Waals surface area contributed by atoms with Crippen molar-refractivity contribution in [1.82, 2.24) is 20.1 Å². The third-order valence-corrected chi connectivity index (χ3v) is 2.91. The summed E-state index contributed by atoms with van der Waals surface area (Å²) in [5.41, 5.74) is 1.70. The number of amidine groups is 1. The smallest absolute Gasteiger partial charge is 0.278 e. The van der Waals surface area contributed by atoms with Gasteiger partial charge in [-0.1, -0.05) is 17.0 Å². The van der Waals surface area contributed by atoms with Crippen LogP contribution in [0, 0.1) is 0 Å². The van der Waals surface area contributed by atoms with Crippen molar-refractivity contribution in [2.24, 2.45) is 0 Å². The first-order chi connectivity index (χ1) is 8.25. The van der Waals surface area contributed by atoms with Gasteiger partial charge >= 0.3 is 6.02 Å². The summed E-state index contributed by atoms with van der Waals surface area (Å²) in [4.78, 5) is 9.28. The van der Waals surface area contributed by atoms with Crippen LogP contribution in [0.4, 0.5) is 0 Å². The van der Waals surface area contributed by atoms with Crippen LogP contribution in [0.25, 0.3) is 11.0 Å². The van der Waals surface area contributed by atoms with Crippen molar-refractivity contribution < 1.29 is 9.41 Å². The monoisotopic (exact) mass is 232 g/mol. The van der Waals surface area contributed by atoms with Gasteiger partial charge in [-0.25, -0.2) is 9.48 Å². The van der Waals surface area contributed by atoms with Crippen molar-refractivity contribution in [1.29, 1.82) is 0 Å². The van der Waals surface area contributed by atoms with Crippen LogP contribution in [0.15, 0.2) is 24.3 Å². The van der Waals surface area contributed by atoms with Crippen molar-refractivity contribution in [3.05, 3.63) is 24.3 Å². The van der Waals surface area contributed by atoms with E-state index in [2.05, 4.69) is 19.8 Å². The van der Waals surface area contributed by atoms with Crippen LogP contribution in [-0.2, 0) is 0 Å². The van der Waals surface area contributed by atoms with Crippen LogP contribution in [0.1, 0.15) is 0 Å². The summed E-state index contributed by atoms with van der Waals surface area (Å²) in [6, 6.07) is 8.51. The van der Waals surface area contributed by atoms with E-state index >= 15 is 0 Å². The Morgan fingerprint density at radius 3 is 2.94 bits per heavy atom. The normalized spacial score (nSPS) is 16.0. The van der Waals surface area contributed by atoms with Gasteiger partial charge in [0, 0.05) is 0 Å². The molecule has 1 aromatic heterocycles. The molecule has 0 spiro atoms. The molecular weight excluding hydrogens is 218 g/mol. The molecule has 2 aromatic rings. The van der Waals surface area contributed by atoms with Crippen LogP contribution in [0.3, 0.4) is 0 Å². The number of para-hydroxylation sites is 1. The number of benzene rings is 1. The third kappa shape index (κ3) is 1.61. The summed E-state index contributed by atoms with van der Waals surface area (Å²) in [5, 5.41) is 8.05. The summed E-state index contributed by atoms with van der Waals surface area (Å²) >= 11 is 0. The molecule has 6 heteroatoms. The Kier molecular flexibility index (Phi) is 2.21. The van der Waals surface area contributed by atoms with Crippen LogP contribution in [0.5, 0.6) is 0 Å². The Morgan fingerprint density at radius 2 is 2.18 bits per heavy atom. The van der Waals surface area contributed by atoms with Gasteiger partial charge in [0.25, 0.3) is 0 Å². The Balaban J connectivity index is 1.98. The molecule has 0 amide bonds. The molecule has 88 valence electrons. The molecule has 0 fully saturated rings. The van der Waals surface area contributed by atoms with Gasteiger partial charge in [-0.3, -0.25) is 4.84 Å². The fourth-order valence-electron chi connectivity index (χ4n) is 1.91. The number of fused-ring (bicyclic) bond motifs is 1. The summed E-state index contributed by atoms with van der Waals surface area (Å²) in [7, 11) is 4.00. The first-order valence-electron chi connectivity index (χ1n) is 5.54. The highest BCUT2D eigenvalue weighted by molar-refractivity contribution is 5.75. The molecule has 1 aliphatic heterocycles. The number of hydrogen-bond donors (Lipinski definition) is 0. The second-order valence-corrected chi connectivity index (χ2v) is 4.17. The zero-order valence-electron chi connectivity index (χ0n) is 9.87. The molecule has 3 rings (SSSR count). The Bertz CT molecular complexity index is 588. The van der Waals surface area contributed by atoms with Crippen molar-refractivity contribution in [3.63, 3.8) is 0 Å². The second kappa shape index (κ2) is 3.73. The molecule has 0 atom stereocenters. The van der Waals surface area contributed by atoms with E-state index in [0.29, 0.717) is 0 Å². The SMILES string of the molecule is CN1CC[N+](C)=C1On1nnc2ccccc21. The minimum absolute atomic E-state index is 0.792. The lowest BCUT2D eigenvalue weighted by molar-refractivity contribution is -0.495. The van der Waals surface area contributed by atoms with E-state index in [-0.39, 0.29) is 0 Å². The molecule has 0 radical (unpaired) electrons. The van der Waals surface area contributed by atoms with Crippen LogP contribution >= 0.6 is 0 Å². The zero-order chi connectivity index (χ0) is 11.8. The average molecular weight is 232 g/mol. The van der Waals surface area contributed by atoms with Gasteiger partial charge in [-0.2, -0.15) is 0 Å². The summed E-state index contributed by atoms with van der Waals surface area (Å²) in [6.45, 7) is 1.91. The number of hydrogen-bond acceptors (Lipinski definition) is 4. The Labute approximate surface area is 98.7 Å². The predicted octanol–water partition coefficient (Wildman–Crippen LogP) is -0.196. The number of likely N-dealkylation sites (N-methyl/N-ethyl adjacent to an activating group) is 2. The van der Waals surface area contributed by atoms with Crippen molar-refractivity contribution in [2.75, 3.05) is 27.2 Å². The lowest BCUT2D eigenvalue weighted by Gasteiger charge is -2.06. The summed E-state index contributed by atoms with van der Waals surface area (Å²) in [6.07, 6.45) is 0. The molecule has 1 aliphatic rings. The van der Waals surface area contributed by atoms with Gasteiger partial charge in [0.2, 0.25) is 0 Å². The van der Waals surface area contributed by atoms with Gasteiger partial charge in [0.15, 0.2) is 0 Å². The van der Waals surface area contributed by atoms with E-state index in [1.165, 1.54) is 4.85 Å². The fourth-order valence-corrected chi connectivity index (χ4v) is 1.91. The Hall–Kier alpha value is -2.11. The molecule has 17 heavy (non-hydrogen) atoms. The highest BCUT2D eigenvalue weighted by Crippen LogP contribution is 2.08. The summed E-state index contributed by atoms with van der Waals surface area (Å²) < 4.78 is 2.05. The van der Waals surface area contributed by atoms with Gasteiger partial charge in [0.05, 0.1) is 14.1 Å². The van der Waals surface area contributed by atoms with Crippen molar-refractivity contribution >= 4 is 17.1 Å². The van der Waals surface area contributed by atoms with Gasteiger partial charge in [0.1, 0.15) is 24.1 Å². The van der Waals surface area contributed by atoms with Crippen molar-refractivity contribution in [2.45, 2.75) is 0 Å². The second-order valence-electron chi connectivity index (χ2n) is 4.17. The molecule has 0 unspecified atom stereocenters. The fraction of sp³-hybridized carbons (Fsp3) is 0.364. The maximum atomic E-state index is 5.76. The standard InChI is InChI=1S/C11H14N5O/c1-14-7-8-15(2)11(14)17-16-10-6-4-3-5-9(10)12-13-16/h3-6H,7-8H2,1-2H3/q+1. The van der Waals surface area contributed by atoms with Gasteiger partial charge in [-0.15, -0.1) is 5.10 Å². The molecule has 0 bridgehead atoms. The Morgan fingerprint density at radius 1 is 1.35 bits per heavy atom. The molecule has 6 nitrogen and oxygen atoms in total. The lowest BCUT2D eigenvalue weighted by atomic mass is 10.3. The first-order valence-corrected chi connectivity index (χ1v) is 5.54. The maximum Gasteiger partial charge on any atom is 0.472 e. The largest absolute Gasteiger partial charge is 0.472 e. The summed E-state index contributed by atoms with van der Waals surface area (Å²) in [5.74, 6) is 0. The zero-order valence-corrected chi connectivity index (χ0v) is 9.87. The highest BCUT2D eigenvalue weighted by atomic mass is 16.7. The minimum Gasteiger partial charge on any atom is -0.278 e. The molecule has 0 N–H and O–H groups in total. The quantitative estimate of drug-likeness (QED) is 0.639. The van der Waals surface area contributed by atoms with E-state index < -0.39 is 0 Å². The molecule has 0 aliphatic carbocycles. The molecule has 0 saturated carbocycles. The topological polar surface area (TPSA) is 46.2 Å². The molecule has 1 aromatic carbocycles. The molecular formula is C11H14N5O+. The molecule has 2 heterocycles. The number of nitrogens with zero attached hydrogens (tertiary/aromatic N) is 5. The van der Waals surface area contributed by atoms with E-state index in [9.17, 15) is 0 Å². The van der Waals surface area contributed by atoms with Crippen LogP contribution < -0.4 is 4.84 Å². The third-order valence-electron chi connectivity index (χ3n) is 2.91. The minimum atomic E-state index is 0.792. The lowest BCUT2D eigenvalue weighted by Crippen LogP contribution is -2.35. The van der Waals surface area contributed by atoms with E-state index in [1.54, 1.807) is 0 Å². The maximum absolute atomic E-state index is 5.76. The van der Waals surface area contributed by atoms with E-state index in [1.807, 2.05) is 38.4 Å². The van der Waals surface area contributed by atoms with Crippen LogP contribution in [0.2, 0.25) is 0 Å².